The summed E-state index contributed by atoms with van der Waals surface area (Å²) in [5.41, 5.74) is 12.4. The van der Waals surface area contributed by atoms with Gasteiger partial charge in [0, 0.05) is 15.9 Å². The zero-order chi connectivity index (χ0) is 12.7. The standard InChI is InChI=1S/C8H6N6O2S2.2BrH/c9-7-11-3(1-17-7)5-6(14(15)16-13-5)4-2-18-8(10)12-4;;/h1-2H,(H2,9,11)(H2,10,12);2*1H. The van der Waals surface area contributed by atoms with E-state index in [4.69, 9.17) is 11.5 Å². The lowest BCUT2D eigenvalue weighted by molar-refractivity contribution is -0.793. The Kier molecular flexibility index (Phi) is 5.44. The number of hydrogen-bond acceptors (Lipinski definition) is 9. The van der Waals surface area contributed by atoms with Crippen LogP contribution in [0.2, 0.25) is 0 Å². The Morgan fingerprint density at radius 2 is 1.60 bits per heavy atom. The number of halogens is 2. The molecule has 0 amide bonds. The number of hydrogen-bond donors (Lipinski definition) is 2. The molecule has 3 heterocycles. The number of anilines is 2. The third kappa shape index (κ3) is 2.92. The summed E-state index contributed by atoms with van der Waals surface area (Å²) >= 11 is 2.47. The van der Waals surface area contributed by atoms with Crippen molar-refractivity contribution in [3.63, 3.8) is 0 Å². The second-order valence-electron chi connectivity index (χ2n) is 3.27. The minimum absolute atomic E-state index is 0. The van der Waals surface area contributed by atoms with Crippen LogP contribution in [-0.2, 0) is 0 Å². The van der Waals surface area contributed by atoms with Gasteiger partial charge in [-0.1, -0.05) is 0 Å². The van der Waals surface area contributed by atoms with Crippen LogP contribution in [0.3, 0.4) is 0 Å². The maximum atomic E-state index is 11.6. The minimum Gasteiger partial charge on any atom is -0.375 e. The Hall–Kier alpha value is -1.24. The molecule has 0 aliphatic heterocycles. The first-order valence-electron chi connectivity index (χ1n) is 4.67. The first-order chi connectivity index (χ1) is 8.65. The summed E-state index contributed by atoms with van der Waals surface area (Å²) in [5, 5.41) is 19.3. The largest absolute Gasteiger partial charge is 0.375 e. The summed E-state index contributed by atoms with van der Waals surface area (Å²) in [6.07, 6.45) is 0. The molecule has 0 aliphatic carbocycles. The van der Waals surface area contributed by atoms with E-state index >= 15 is 0 Å². The minimum atomic E-state index is 0. The van der Waals surface area contributed by atoms with Crippen LogP contribution < -0.4 is 16.4 Å². The number of nitrogens with two attached hydrogens (primary N) is 2. The molecular weight excluding hydrogens is 436 g/mol. The number of thiazole rings is 2. The fourth-order valence-corrected chi connectivity index (χ4v) is 2.52. The van der Waals surface area contributed by atoms with Gasteiger partial charge in [0.05, 0.1) is 0 Å². The van der Waals surface area contributed by atoms with Gasteiger partial charge in [0.1, 0.15) is 11.4 Å². The van der Waals surface area contributed by atoms with Crippen molar-refractivity contribution >= 4 is 66.9 Å². The van der Waals surface area contributed by atoms with Gasteiger partial charge in [-0.2, -0.15) is 0 Å². The molecule has 0 bridgehead atoms. The van der Waals surface area contributed by atoms with Crippen LogP contribution >= 0.6 is 56.6 Å². The summed E-state index contributed by atoms with van der Waals surface area (Å²) in [4.78, 5) is 8.36. The van der Waals surface area contributed by atoms with Crippen molar-refractivity contribution in [1.82, 2.24) is 15.1 Å². The Bertz CT molecular complexity index is 711. The zero-order valence-electron chi connectivity index (χ0n) is 9.55. The lowest BCUT2D eigenvalue weighted by Gasteiger charge is -1.91. The molecule has 0 aromatic carbocycles. The highest BCUT2D eigenvalue weighted by Gasteiger charge is 2.26. The van der Waals surface area contributed by atoms with E-state index in [-0.39, 0.29) is 44.6 Å². The van der Waals surface area contributed by atoms with Gasteiger partial charge < -0.3 is 16.7 Å². The van der Waals surface area contributed by atoms with Crippen molar-refractivity contribution in [2.75, 3.05) is 11.5 Å². The van der Waals surface area contributed by atoms with Gasteiger partial charge in [0.2, 0.25) is 0 Å². The van der Waals surface area contributed by atoms with E-state index < -0.39 is 0 Å². The van der Waals surface area contributed by atoms with Crippen molar-refractivity contribution < 1.29 is 9.53 Å². The van der Waals surface area contributed by atoms with Crippen LogP contribution in [0.15, 0.2) is 15.4 Å². The molecule has 3 aromatic rings. The molecule has 0 fully saturated rings. The molecule has 3 rings (SSSR count). The molecule has 3 aromatic heterocycles. The lowest BCUT2D eigenvalue weighted by Crippen LogP contribution is -2.25. The van der Waals surface area contributed by atoms with Gasteiger partial charge in [-0.25, -0.2) is 9.97 Å². The van der Waals surface area contributed by atoms with E-state index in [1.165, 1.54) is 22.7 Å². The number of nitrogens with zero attached hydrogens (tertiary/aromatic N) is 4. The summed E-state index contributed by atoms with van der Waals surface area (Å²) in [7, 11) is 0. The molecule has 0 aliphatic rings. The second kappa shape index (κ2) is 6.47. The van der Waals surface area contributed by atoms with Crippen LogP contribution in [-0.4, -0.2) is 15.1 Å². The van der Waals surface area contributed by atoms with Crippen molar-refractivity contribution in [2.24, 2.45) is 0 Å². The van der Waals surface area contributed by atoms with Gasteiger partial charge in [0.25, 0.3) is 11.4 Å². The van der Waals surface area contributed by atoms with Crippen LogP contribution in [0.25, 0.3) is 22.8 Å². The normalized spacial score (nSPS) is 9.80. The van der Waals surface area contributed by atoms with Crippen LogP contribution in [0.1, 0.15) is 0 Å². The Balaban J connectivity index is 0.000001000. The monoisotopic (exact) mass is 442 g/mol. The summed E-state index contributed by atoms with van der Waals surface area (Å²) in [6, 6.07) is 0. The highest BCUT2D eigenvalue weighted by molar-refractivity contribution is 8.93. The van der Waals surface area contributed by atoms with Crippen molar-refractivity contribution in [1.29, 1.82) is 0 Å². The maximum Gasteiger partial charge on any atom is 0.277 e. The molecule has 4 N–H and O–H groups in total. The van der Waals surface area contributed by atoms with Gasteiger partial charge in [-0.05, 0) is 4.90 Å². The maximum absolute atomic E-state index is 11.6. The van der Waals surface area contributed by atoms with Crippen molar-refractivity contribution in [2.45, 2.75) is 0 Å². The smallest absolute Gasteiger partial charge is 0.277 e. The predicted molar refractivity (Wildman–Crippen MR) is 87.1 cm³/mol. The SMILES string of the molecule is Br.Br.Nc1nc(-c2no[n+]([O-])c2-c2csc(N)n2)cs1. The molecule has 12 heteroatoms. The molecule has 20 heavy (non-hydrogen) atoms. The fraction of sp³-hybridized carbons (Fsp3) is 0. The molecule has 0 spiro atoms. The third-order valence-electron chi connectivity index (χ3n) is 2.14. The number of nitrogen functional groups attached to an aromatic ring is 2. The Morgan fingerprint density at radius 1 is 1.05 bits per heavy atom. The number of aromatic nitrogens is 4. The Labute approximate surface area is 141 Å². The fourth-order valence-electron chi connectivity index (χ4n) is 1.42. The van der Waals surface area contributed by atoms with E-state index in [1.54, 1.807) is 10.8 Å². The van der Waals surface area contributed by atoms with Crippen LogP contribution in [0, 0.1) is 5.21 Å². The third-order valence-corrected chi connectivity index (χ3v) is 3.49. The first kappa shape index (κ1) is 16.8. The molecule has 0 saturated heterocycles. The van der Waals surface area contributed by atoms with E-state index in [0.717, 1.165) is 0 Å². The van der Waals surface area contributed by atoms with Crippen LogP contribution in [0.4, 0.5) is 10.3 Å². The second-order valence-corrected chi connectivity index (χ2v) is 5.05. The van der Waals surface area contributed by atoms with Crippen LogP contribution in [0.5, 0.6) is 0 Å². The topological polar surface area (TPSA) is 131 Å². The van der Waals surface area contributed by atoms with E-state index in [9.17, 15) is 5.21 Å². The van der Waals surface area contributed by atoms with E-state index in [0.29, 0.717) is 27.3 Å². The molecule has 0 unspecified atom stereocenters. The quantitative estimate of drug-likeness (QED) is 0.577. The first-order valence-corrected chi connectivity index (χ1v) is 6.43. The van der Waals surface area contributed by atoms with Crippen molar-refractivity contribution in [3.8, 4) is 22.8 Å². The van der Waals surface area contributed by atoms with E-state index in [1.807, 2.05) is 0 Å². The van der Waals surface area contributed by atoms with E-state index in [2.05, 4.69) is 19.8 Å². The van der Waals surface area contributed by atoms with Gasteiger partial charge in [-0.3, -0.25) is 4.63 Å². The molecule has 108 valence electrons. The van der Waals surface area contributed by atoms with Crippen molar-refractivity contribution in [3.05, 3.63) is 16.0 Å². The molecule has 8 nitrogen and oxygen atoms in total. The predicted octanol–water partition coefficient (Wildman–Crippen LogP) is 1.88. The average molecular weight is 444 g/mol. The molecule has 0 saturated carbocycles. The summed E-state index contributed by atoms with van der Waals surface area (Å²) < 4.78 is 4.58. The van der Waals surface area contributed by atoms with Gasteiger partial charge >= 0.3 is 0 Å². The zero-order valence-corrected chi connectivity index (χ0v) is 14.6. The molecule has 0 radical (unpaired) electrons. The molecular formula is C8H8Br2N6O2S2. The summed E-state index contributed by atoms with van der Waals surface area (Å²) in [6.45, 7) is 0. The summed E-state index contributed by atoms with van der Waals surface area (Å²) in [5.74, 6) is 0. The van der Waals surface area contributed by atoms with Gasteiger partial charge in [-0.15, -0.1) is 56.6 Å². The Morgan fingerprint density at radius 3 is 2.10 bits per heavy atom. The highest BCUT2D eigenvalue weighted by atomic mass is 79.9. The highest BCUT2D eigenvalue weighted by Crippen LogP contribution is 2.30. The average Bonchev–Trinajstić information content (AvgIpc) is 2.99. The van der Waals surface area contributed by atoms with Gasteiger partial charge in [0.15, 0.2) is 10.3 Å². The lowest BCUT2D eigenvalue weighted by atomic mass is 10.2. The number of rotatable bonds is 2. The molecule has 0 atom stereocenters.